The Bertz CT molecular complexity index is 942. The van der Waals surface area contributed by atoms with Crippen LogP contribution >= 0.6 is 0 Å². The van der Waals surface area contributed by atoms with E-state index in [0.29, 0.717) is 5.95 Å². The number of hydrogen-bond acceptors (Lipinski definition) is 5. The highest BCUT2D eigenvalue weighted by atomic mass is 15.2. The average Bonchev–Trinajstić information content (AvgIpc) is 2.89. The molecule has 1 aliphatic rings. The molecule has 3 N–H and O–H groups in total. The molecule has 3 aromatic rings. The first-order valence-electron chi connectivity index (χ1n) is 8.48. The van der Waals surface area contributed by atoms with Crippen LogP contribution in [0.15, 0.2) is 43.0 Å². The number of H-pyrrole nitrogens is 1. The molecule has 0 aliphatic carbocycles. The molecule has 1 aromatic carbocycles. The fraction of sp³-hybridized carbons (Fsp3) is 0.263. The highest BCUT2D eigenvalue weighted by Gasteiger charge is 2.19. The summed E-state index contributed by atoms with van der Waals surface area (Å²) in [5.41, 5.74) is 6.94. The third kappa shape index (κ3) is 2.96. The lowest BCUT2D eigenvalue weighted by atomic mass is 9.98. The third-order valence-corrected chi connectivity index (χ3v) is 4.45. The molecule has 0 saturated carbocycles. The summed E-state index contributed by atoms with van der Waals surface area (Å²) in [6.45, 7) is 8.60. The molecule has 0 unspecified atom stereocenters. The molecule has 0 radical (unpaired) electrons. The molecule has 0 spiro atoms. The Morgan fingerprint density at radius 3 is 2.96 bits per heavy atom. The van der Waals surface area contributed by atoms with Gasteiger partial charge in [0, 0.05) is 37.6 Å². The second-order valence-corrected chi connectivity index (χ2v) is 6.45. The molecule has 25 heavy (non-hydrogen) atoms. The maximum Gasteiger partial charge on any atom is 0.206 e. The minimum Gasteiger partial charge on any atom is -0.372 e. The minimum absolute atomic E-state index is 0.695. The number of nitrogens with one attached hydrogen (secondary N) is 3. The van der Waals surface area contributed by atoms with Gasteiger partial charge in [-0.15, -0.1) is 0 Å². The summed E-state index contributed by atoms with van der Waals surface area (Å²) < 4.78 is 0. The molecule has 0 amide bonds. The SMILES string of the molecule is C=C(NCC)Nc1nc2cc3c(cc2[nH]1)CN(C)Cc1ccncc1-3. The quantitative estimate of drug-likeness (QED) is 0.684. The number of hydrogen-bond donors (Lipinski definition) is 3. The van der Waals surface area contributed by atoms with Gasteiger partial charge in [0.05, 0.1) is 16.9 Å². The van der Waals surface area contributed by atoms with Crippen molar-refractivity contribution in [2.24, 2.45) is 0 Å². The molecule has 6 heteroatoms. The van der Waals surface area contributed by atoms with Crippen LogP contribution in [-0.4, -0.2) is 33.4 Å². The molecule has 128 valence electrons. The van der Waals surface area contributed by atoms with E-state index in [4.69, 9.17) is 0 Å². The van der Waals surface area contributed by atoms with Gasteiger partial charge in [-0.2, -0.15) is 0 Å². The smallest absolute Gasteiger partial charge is 0.206 e. The first-order chi connectivity index (χ1) is 12.1. The minimum atomic E-state index is 0.695. The Balaban J connectivity index is 1.79. The normalized spacial score (nSPS) is 13.8. The van der Waals surface area contributed by atoms with Crippen LogP contribution in [0.5, 0.6) is 0 Å². The first kappa shape index (κ1) is 15.7. The van der Waals surface area contributed by atoms with Crippen molar-refractivity contribution < 1.29 is 0 Å². The van der Waals surface area contributed by atoms with Crippen molar-refractivity contribution in [2.45, 2.75) is 20.0 Å². The molecule has 4 rings (SSSR count). The van der Waals surface area contributed by atoms with E-state index in [2.05, 4.69) is 62.3 Å². The Kier molecular flexibility index (Phi) is 3.89. The zero-order chi connectivity index (χ0) is 17.4. The average molecular weight is 334 g/mol. The van der Waals surface area contributed by atoms with Gasteiger partial charge in [0.25, 0.3) is 0 Å². The van der Waals surface area contributed by atoms with E-state index in [1.54, 1.807) is 0 Å². The Labute approximate surface area is 147 Å². The van der Waals surface area contributed by atoms with Gasteiger partial charge in [-0.3, -0.25) is 9.88 Å². The molecule has 0 atom stereocenters. The number of nitrogens with zero attached hydrogens (tertiary/aromatic N) is 3. The summed E-state index contributed by atoms with van der Waals surface area (Å²) in [7, 11) is 2.14. The number of fused-ring (bicyclic) bond motifs is 4. The van der Waals surface area contributed by atoms with Crippen molar-refractivity contribution in [1.82, 2.24) is 25.2 Å². The fourth-order valence-corrected chi connectivity index (χ4v) is 3.38. The van der Waals surface area contributed by atoms with Crippen LogP contribution in [0, 0.1) is 0 Å². The lowest BCUT2D eigenvalue weighted by molar-refractivity contribution is 0.323. The molecule has 0 fully saturated rings. The van der Waals surface area contributed by atoms with Crippen molar-refractivity contribution in [1.29, 1.82) is 0 Å². The predicted molar refractivity (Wildman–Crippen MR) is 101 cm³/mol. The second-order valence-electron chi connectivity index (χ2n) is 6.45. The Morgan fingerprint density at radius 1 is 1.28 bits per heavy atom. The second kappa shape index (κ2) is 6.22. The highest BCUT2D eigenvalue weighted by molar-refractivity contribution is 5.86. The van der Waals surface area contributed by atoms with Crippen molar-refractivity contribution in [3.8, 4) is 11.1 Å². The Hall–Kier alpha value is -2.86. The standard InChI is InChI=1S/C19H22N6/c1-4-21-12(2)22-19-23-17-7-14-11-25(3)10-13-5-6-20-9-16(13)15(14)8-18(17)24-19/h5-9,21H,2,4,10-11H2,1,3H3,(H2,22,23,24). The first-order valence-corrected chi connectivity index (χ1v) is 8.48. The maximum atomic E-state index is 4.66. The summed E-state index contributed by atoms with van der Waals surface area (Å²) in [6.07, 6.45) is 3.82. The van der Waals surface area contributed by atoms with Crippen molar-refractivity contribution in [3.05, 3.63) is 54.1 Å². The van der Waals surface area contributed by atoms with Crippen LogP contribution < -0.4 is 10.6 Å². The molecule has 3 heterocycles. The summed E-state index contributed by atoms with van der Waals surface area (Å²) >= 11 is 0. The van der Waals surface area contributed by atoms with E-state index in [9.17, 15) is 0 Å². The number of rotatable bonds is 4. The van der Waals surface area contributed by atoms with E-state index in [-0.39, 0.29) is 0 Å². The van der Waals surface area contributed by atoms with Gasteiger partial charge < -0.3 is 15.6 Å². The molecule has 2 aromatic heterocycles. The molecule has 0 saturated heterocycles. The van der Waals surface area contributed by atoms with Gasteiger partial charge in [-0.1, -0.05) is 6.58 Å². The molecular weight excluding hydrogens is 312 g/mol. The van der Waals surface area contributed by atoms with E-state index in [1.807, 2.05) is 19.3 Å². The summed E-state index contributed by atoms with van der Waals surface area (Å²) in [5.74, 6) is 1.43. The van der Waals surface area contributed by atoms with Crippen LogP contribution in [0.4, 0.5) is 5.95 Å². The van der Waals surface area contributed by atoms with Crippen LogP contribution in [-0.2, 0) is 13.1 Å². The largest absolute Gasteiger partial charge is 0.372 e. The number of aromatic nitrogens is 3. The molecule has 0 bridgehead atoms. The van der Waals surface area contributed by atoms with E-state index in [0.717, 1.165) is 36.5 Å². The third-order valence-electron chi connectivity index (χ3n) is 4.45. The topological polar surface area (TPSA) is 68.9 Å². The zero-order valence-corrected chi connectivity index (χ0v) is 14.6. The van der Waals surface area contributed by atoms with Crippen molar-refractivity contribution in [3.63, 3.8) is 0 Å². The van der Waals surface area contributed by atoms with E-state index in [1.165, 1.54) is 22.3 Å². The van der Waals surface area contributed by atoms with Crippen molar-refractivity contribution >= 4 is 17.0 Å². The number of anilines is 1. The number of benzene rings is 1. The van der Waals surface area contributed by atoms with Gasteiger partial charge in [0.2, 0.25) is 5.95 Å². The lowest BCUT2D eigenvalue weighted by Crippen LogP contribution is -2.18. The van der Waals surface area contributed by atoms with Crippen LogP contribution in [0.1, 0.15) is 18.1 Å². The monoisotopic (exact) mass is 334 g/mol. The van der Waals surface area contributed by atoms with Crippen LogP contribution in [0.25, 0.3) is 22.2 Å². The molecule has 1 aliphatic heterocycles. The van der Waals surface area contributed by atoms with Crippen molar-refractivity contribution in [2.75, 3.05) is 18.9 Å². The Morgan fingerprint density at radius 2 is 2.12 bits per heavy atom. The van der Waals surface area contributed by atoms with Gasteiger partial charge >= 0.3 is 0 Å². The van der Waals surface area contributed by atoms with Crippen LogP contribution in [0.3, 0.4) is 0 Å². The lowest BCUT2D eigenvalue weighted by Gasteiger charge is -2.13. The van der Waals surface area contributed by atoms with Gasteiger partial charge in [-0.05, 0) is 48.9 Å². The van der Waals surface area contributed by atoms with E-state index < -0.39 is 0 Å². The fourth-order valence-electron chi connectivity index (χ4n) is 3.38. The number of aromatic amines is 1. The summed E-state index contributed by atoms with van der Waals surface area (Å²) in [6, 6.07) is 6.45. The van der Waals surface area contributed by atoms with E-state index >= 15 is 0 Å². The molecular formula is C19H22N6. The number of imidazole rings is 1. The number of pyridine rings is 1. The summed E-state index contributed by atoms with van der Waals surface area (Å²) in [4.78, 5) is 14.6. The maximum absolute atomic E-state index is 4.66. The van der Waals surface area contributed by atoms with Crippen LogP contribution in [0.2, 0.25) is 0 Å². The van der Waals surface area contributed by atoms with Gasteiger partial charge in [0.1, 0.15) is 0 Å². The zero-order valence-electron chi connectivity index (χ0n) is 14.6. The predicted octanol–water partition coefficient (Wildman–Crippen LogP) is 3.06. The van der Waals surface area contributed by atoms with Gasteiger partial charge in [-0.25, -0.2) is 4.98 Å². The highest BCUT2D eigenvalue weighted by Crippen LogP contribution is 2.34. The molecule has 6 nitrogen and oxygen atoms in total. The van der Waals surface area contributed by atoms with Gasteiger partial charge in [0.15, 0.2) is 0 Å². The summed E-state index contributed by atoms with van der Waals surface area (Å²) in [5, 5.41) is 6.31.